The Morgan fingerprint density at radius 1 is 1.09 bits per heavy atom. The first-order valence-corrected chi connectivity index (χ1v) is 10.2. The van der Waals surface area contributed by atoms with E-state index in [1.807, 2.05) is 12.1 Å². The molecule has 0 radical (unpaired) electrons. The van der Waals surface area contributed by atoms with Crippen LogP contribution in [-0.2, 0) is 22.9 Å². The van der Waals surface area contributed by atoms with Crippen LogP contribution >= 0.6 is 0 Å². The number of rotatable bonds is 2. The van der Waals surface area contributed by atoms with E-state index in [9.17, 15) is 13.5 Å². The van der Waals surface area contributed by atoms with E-state index in [1.54, 1.807) is 4.31 Å². The average molecular weight is 335 g/mol. The van der Waals surface area contributed by atoms with Gasteiger partial charge in [-0.25, -0.2) is 12.7 Å². The molecular weight excluding hydrogens is 310 g/mol. The van der Waals surface area contributed by atoms with Crippen LogP contribution in [0, 0.1) is 5.41 Å². The van der Waals surface area contributed by atoms with Gasteiger partial charge < -0.3 is 5.11 Å². The Kier molecular flexibility index (Phi) is 3.78. The molecule has 1 aliphatic heterocycles. The summed E-state index contributed by atoms with van der Waals surface area (Å²) in [4.78, 5) is 0. The van der Waals surface area contributed by atoms with E-state index in [1.165, 1.54) is 11.1 Å². The third-order valence-electron chi connectivity index (χ3n) is 6.20. The number of aliphatic hydroxyl groups is 1. The molecule has 4 rings (SSSR count). The predicted molar refractivity (Wildman–Crippen MR) is 89.7 cm³/mol. The summed E-state index contributed by atoms with van der Waals surface area (Å²) in [6.07, 6.45) is 5.63. The molecule has 1 atom stereocenters. The summed E-state index contributed by atoms with van der Waals surface area (Å²) in [6.45, 7) is 1.26. The molecule has 4 nitrogen and oxygen atoms in total. The van der Waals surface area contributed by atoms with Gasteiger partial charge in [0.15, 0.2) is 0 Å². The molecule has 1 saturated carbocycles. The second-order valence-electron chi connectivity index (χ2n) is 7.64. The lowest BCUT2D eigenvalue weighted by atomic mass is 9.62. The Balaban J connectivity index is 1.45. The smallest absolute Gasteiger partial charge is 0.217 e. The highest BCUT2D eigenvalue weighted by atomic mass is 32.2. The summed E-state index contributed by atoms with van der Waals surface area (Å²) in [7, 11) is -3.20. The van der Waals surface area contributed by atoms with Gasteiger partial charge in [0.25, 0.3) is 0 Å². The van der Waals surface area contributed by atoms with Gasteiger partial charge in [-0.15, -0.1) is 0 Å². The lowest BCUT2D eigenvalue weighted by Crippen LogP contribution is -2.52. The van der Waals surface area contributed by atoms with Gasteiger partial charge in [0.05, 0.1) is 11.4 Å². The number of hydrogen-bond donors (Lipinski definition) is 1. The van der Waals surface area contributed by atoms with Gasteiger partial charge in [-0.1, -0.05) is 24.3 Å². The summed E-state index contributed by atoms with van der Waals surface area (Å²) in [5, 5.41) is 9.29. The fourth-order valence-corrected chi connectivity index (χ4v) is 6.61. The molecule has 3 aliphatic rings. The topological polar surface area (TPSA) is 57.6 Å². The number of nitrogens with zero attached hydrogens (tertiary/aromatic N) is 1. The van der Waals surface area contributed by atoms with Crippen LogP contribution < -0.4 is 0 Å². The largest absolute Gasteiger partial charge is 0.393 e. The predicted octanol–water partition coefficient (Wildman–Crippen LogP) is 2.11. The summed E-state index contributed by atoms with van der Waals surface area (Å²) < 4.78 is 27.7. The molecule has 5 heteroatoms. The number of hydrogen-bond acceptors (Lipinski definition) is 3. The van der Waals surface area contributed by atoms with Gasteiger partial charge >= 0.3 is 0 Å². The molecule has 1 unspecified atom stereocenters. The van der Waals surface area contributed by atoms with Gasteiger partial charge in [-0.2, -0.15) is 0 Å². The van der Waals surface area contributed by atoms with E-state index in [-0.39, 0.29) is 16.8 Å². The lowest BCUT2D eigenvalue weighted by molar-refractivity contribution is -0.0587. The number of benzene rings is 1. The van der Waals surface area contributed by atoms with E-state index in [0.29, 0.717) is 19.5 Å². The monoisotopic (exact) mass is 335 g/mol. The van der Waals surface area contributed by atoms with Gasteiger partial charge in [0.1, 0.15) is 0 Å². The second kappa shape index (κ2) is 5.57. The van der Waals surface area contributed by atoms with Crippen LogP contribution in [0.15, 0.2) is 24.3 Å². The first-order valence-electron chi connectivity index (χ1n) is 8.72. The van der Waals surface area contributed by atoms with Gasteiger partial charge in [0.2, 0.25) is 10.0 Å². The number of sulfonamides is 1. The van der Waals surface area contributed by atoms with Crippen molar-refractivity contribution < 1.29 is 13.5 Å². The summed E-state index contributed by atoms with van der Waals surface area (Å²) in [5.41, 5.74) is 2.73. The molecular formula is C18H25NO3S. The van der Waals surface area contributed by atoms with E-state index in [4.69, 9.17) is 0 Å². The number of fused-ring (bicyclic) bond motifs is 1. The highest BCUT2D eigenvalue weighted by Gasteiger charge is 2.47. The Morgan fingerprint density at radius 3 is 2.39 bits per heavy atom. The molecule has 0 amide bonds. The third-order valence-corrected chi connectivity index (χ3v) is 8.53. The van der Waals surface area contributed by atoms with Gasteiger partial charge in [-0.3, -0.25) is 0 Å². The van der Waals surface area contributed by atoms with E-state index < -0.39 is 10.0 Å². The van der Waals surface area contributed by atoms with Crippen molar-refractivity contribution in [3.05, 3.63) is 35.4 Å². The molecule has 0 bridgehead atoms. The summed E-state index contributed by atoms with van der Waals surface area (Å²) >= 11 is 0. The summed E-state index contributed by atoms with van der Waals surface area (Å²) in [5.74, 6) is 0. The summed E-state index contributed by atoms with van der Waals surface area (Å²) in [6, 6.07) is 8.22. The van der Waals surface area contributed by atoms with E-state index >= 15 is 0 Å². The highest BCUT2D eigenvalue weighted by Crippen LogP contribution is 2.49. The molecule has 1 aromatic carbocycles. The fraction of sp³-hybridized carbons (Fsp3) is 0.667. The average Bonchev–Trinajstić information content (AvgIpc) is 2.53. The van der Waals surface area contributed by atoms with Crippen molar-refractivity contribution in [2.75, 3.05) is 13.1 Å². The maximum absolute atomic E-state index is 13.0. The molecule has 1 N–H and O–H groups in total. The normalized spacial score (nSPS) is 28.3. The fourth-order valence-electron chi connectivity index (χ4n) is 4.69. The zero-order valence-corrected chi connectivity index (χ0v) is 14.3. The standard InChI is InChI=1S/C18H25NO3S/c20-16-12-18(13-16)7-9-19(10-8-18)23(21,22)17-6-5-14-3-1-2-4-15(14)11-17/h1-4,16-17,20H,5-13H2. The molecule has 2 fully saturated rings. The molecule has 1 saturated heterocycles. The van der Waals surface area contributed by atoms with Crippen molar-refractivity contribution in [3.63, 3.8) is 0 Å². The van der Waals surface area contributed by atoms with Crippen LogP contribution in [0.2, 0.25) is 0 Å². The minimum Gasteiger partial charge on any atom is -0.393 e. The molecule has 23 heavy (non-hydrogen) atoms. The number of aryl methyl sites for hydroxylation is 1. The van der Waals surface area contributed by atoms with Crippen molar-refractivity contribution in [2.45, 2.75) is 56.3 Å². The Labute approximate surface area is 138 Å². The molecule has 1 heterocycles. The zero-order valence-electron chi connectivity index (χ0n) is 13.4. The van der Waals surface area contributed by atoms with Crippen molar-refractivity contribution in [1.29, 1.82) is 0 Å². The Bertz CT molecular complexity index is 684. The first-order chi connectivity index (χ1) is 11.0. The van der Waals surface area contributed by atoms with Crippen molar-refractivity contribution in [3.8, 4) is 0 Å². The van der Waals surface area contributed by atoms with Crippen molar-refractivity contribution >= 4 is 10.0 Å². The SMILES string of the molecule is O=S(=O)(C1CCc2ccccc2C1)N1CCC2(CC1)CC(O)C2. The maximum atomic E-state index is 13.0. The highest BCUT2D eigenvalue weighted by molar-refractivity contribution is 7.89. The molecule has 126 valence electrons. The third kappa shape index (κ3) is 2.73. The molecule has 0 aromatic heterocycles. The Hall–Kier alpha value is -0.910. The first kappa shape index (κ1) is 15.6. The number of piperidine rings is 1. The van der Waals surface area contributed by atoms with Gasteiger partial charge in [-0.05, 0) is 61.5 Å². The van der Waals surface area contributed by atoms with Crippen LogP contribution in [0.3, 0.4) is 0 Å². The minimum atomic E-state index is -3.20. The zero-order chi connectivity index (χ0) is 16.1. The van der Waals surface area contributed by atoms with Crippen LogP contribution in [0.5, 0.6) is 0 Å². The van der Waals surface area contributed by atoms with E-state index in [2.05, 4.69) is 12.1 Å². The lowest BCUT2D eigenvalue weighted by Gasteiger charge is -2.50. The minimum absolute atomic E-state index is 0.159. The molecule has 2 aliphatic carbocycles. The Morgan fingerprint density at radius 2 is 1.74 bits per heavy atom. The van der Waals surface area contributed by atoms with Crippen LogP contribution in [0.25, 0.3) is 0 Å². The quantitative estimate of drug-likeness (QED) is 0.900. The van der Waals surface area contributed by atoms with Crippen molar-refractivity contribution in [2.24, 2.45) is 5.41 Å². The van der Waals surface area contributed by atoms with Crippen molar-refractivity contribution in [1.82, 2.24) is 4.31 Å². The second-order valence-corrected chi connectivity index (χ2v) is 9.85. The molecule has 1 spiro atoms. The van der Waals surface area contributed by atoms with Crippen LogP contribution in [0.4, 0.5) is 0 Å². The maximum Gasteiger partial charge on any atom is 0.217 e. The number of aliphatic hydroxyl groups excluding tert-OH is 1. The van der Waals surface area contributed by atoms with Crippen LogP contribution in [-0.4, -0.2) is 42.3 Å². The van der Waals surface area contributed by atoms with Crippen LogP contribution in [0.1, 0.15) is 43.2 Å². The van der Waals surface area contributed by atoms with E-state index in [0.717, 1.165) is 38.5 Å². The molecule has 1 aromatic rings. The van der Waals surface area contributed by atoms with Gasteiger partial charge in [0, 0.05) is 13.1 Å².